The highest BCUT2D eigenvalue weighted by atomic mass is 35.5. The van der Waals surface area contributed by atoms with Gasteiger partial charge in [0.05, 0.1) is 4.92 Å². The van der Waals surface area contributed by atoms with E-state index in [0.29, 0.717) is 23.6 Å². The number of nitro groups is 1. The third-order valence-electron chi connectivity index (χ3n) is 4.03. The predicted molar refractivity (Wildman–Crippen MR) is 87.6 cm³/mol. The monoisotopic (exact) mass is 327 g/mol. The highest BCUT2D eigenvalue weighted by Crippen LogP contribution is 2.24. The Labute approximate surface area is 136 Å². The second-order valence-electron chi connectivity index (χ2n) is 5.52. The number of hydrogen-bond donors (Lipinski definition) is 1. The number of carbonyl (C=O) groups is 1. The first-order valence-electron chi connectivity index (χ1n) is 7.22. The van der Waals surface area contributed by atoms with Crippen LogP contribution >= 0.6 is 12.4 Å². The van der Waals surface area contributed by atoms with Crippen LogP contribution in [0.3, 0.4) is 0 Å². The van der Waals surface area contributed by atoms with Crippen molar-refractivity contribution in [1.82, 2.24) is 10.2 Å². The summed E-state index contributed by atoms with van der Waals surface area (Å²) in [5.74, 6) is 0.351. The highest BCUT2D eigenvalue weighted by molar-refractivity contribution is 5.96. The van der Waals surface area contributed by atoms with Crippen molar-refractivity contribution < 1.29 is 9.72 Å². The number of nitrogens with one attached hydrogen (secondary N) is 1. The number of carbonyl (C=O) groups excluding carboxylic acids is 1. The molecule has 0 aliphatic carbocycles. The van der Waals surface area contributed by atoms with Crippen LogP contribution in [0.5, 0.6) is 0 Å². The van der Waals surface area contributed by atoms with Crippen molar-refractivity contribution in [2.45, 2.75) is 19.8 Å². The molecule has 1 aliphatic heterocycles. The molecule has 1 N–H and O–H groups in total. The molecule has 1 atom stereocenters. The van der Waals surface area contributed by atoms with Crippen molar-refractivity contribution in [2.24, 2.45) is 5.92 Å². The van der Waals surface area contributed by atoms with E-state index < -0.39 is 4.92 Å². The van der Waals surface area contributed by atoms with Gasteiger partial charge < -0.3 is 10.2 Å². The standard InChI is InChI=1S/C15H21N3O3.ClH/c1-11-13(6-3-7-14(11)18(20)21)15(19)17-8-4-5-12(10-17)9-16-2;/h3,6-7,12,16H,4-5,8-10H2,1-2H3;1H. The number of hydrogen-bond acceptors (Lipinski definition) is 4. The minimum atomic E-state index is -0.438. The molecular weight excluding hydrogens is 306 g/mol. The second-order valence-corrected chi connectivity index (χ2v) is 5.52. The molecule has 1 fully saturated rings. The van der Waals surface area contributed by atoms with Gasteiger partial charge in [0.15, 0.2) is 0 Å². The molecule has 1 aromatic carbocycles. The summed E-state index contributed by atoms with van der Waals surface area (Å²) in [5.41, 5.74) is 0.891. The predicted octanol–water partition coefficient (Wildman–Crippen LogP) is 2.40. The van der Waals surface area contributed by atoms with E-state index in [0.717, 1.165) is 25.9 Å². The van der Waals surface area contributed by atoms with Crippen LogP contribution in [0.4, 0.5) is 5.69 Å². The number of benzene rings is 1. The van der Waals surface area contributed by atoms with Crippen molar-refractivity contribution in [3.63, 3.8) is 0 Å². The Balaban J connectivity index is 0.00000242. The van der Waals surface area contributed by atoms with Gasteiger partial charge in [-0.05, 0) is 45.3 Å². The van der Waals surface area contributed by atoms with E-state index in [4.69, 9.17) is 0 Å². The van der Waals surface area contributed by atoms with E-state index in [-0.39, 0.29) is 24.0 Å². The topological polar surface area (TPSA) is 75.5 Å². The molecule has 1 saturated heterocycles. The van der Waals surface area contributed by atoms with E-state index in [2.05, 4.69) is 5.32 Å². The first-order valence-corrected chi connectivity index (χ1v) is 7.22. The maximum absolute atomic E-state index is 12.6. The van der Waals surface area contributed by atoms with Crippen LogP contribution in [0, 0.1) is 23.0 Å². The van der Waals surface area contributed by atoms with Crippen LogP contribution in [-0.4, -0.2) is 42.4 Å². The van der Waals surface area contributed by atoms with Crippen molar-refractivity contribution >= 4 is 24.0 Å². The maximum atomic E-state index is 12.6. The Kier molecular flexibility index (Phi) is 6.77. The molecular formula is C15H22ClN3O3. The SMILES string of the molecule is CNCC1CCCN(C(=O)c2cccc([N+](=O)[O-])c2C)C1.Cl. The summed E-state index contributed by atoms with van der Waals surface area (Å²) >= 11 is 0. The molecule has 22 heavy (non-hydrogen) atoms. The maximum Gasteiger partial charge on any atom is 0.273 e. The number of likely N-dealkylation sites (tertiary alicyclic amines) is 1. The van der Waals surface area contributed by atoms with Crippen molar-refractivity contribution in [3.05, 3.63) is 39.4 Å². The summed E-state index contributed by atoms with van der Waals surface area (Å²) in [6.07, 6.45) is 2.09. The van der Waals surface area contributed by atoms with Gasteiger partial charge in [0.25, 0.3) is 11.6 Å². The number of nitro benzene ring substituents is 1. The van der Waals surface area contributed by atoms with Crippen LogP contribution in [0.1, 0.15) is 28.8 Å². The minimum Gasteiger partial charge on any atom is -0.338 e. The molecule has 7 heteroatoms. The van der Waals surface area contributed by atoms with Crippen LogP contribution in [-0.2, 0) is 0 Å². The Morgan fingerprint density at radius 3 is 2.86 bits per heavy atom. The molecule has 6 nitrogen and oxygen atoms in total. The highest BCUT2D eigenvalue weighted by Gasteiger charge is 2.26. The van der Waals surface area contributed by atoms with E-state index in [1.165, 1.54) is 6.07 Å². The molecule has 0 spiro atoms. The van der Waals surface area contributed by atoms with Gasteiger partial charge in [-0.25, -0.2) is 0 Å². The third-order valence-corrected chi connectivity index (χ3v) is 4.03. The molecule has 1 amide bonds. The van der Waals surface area contributed by atoms with E-state index in [1.807, 2.05) is 11.9 Å². The zero-order valence-corrected chi connectivity index (χ0v) is 13.7. The van der Waals surface area contributed by atoms with E-state index >= 15 is 0 Å². The average molecular weight is 328 g/mol. The molecule has 1 unspecified atom stereocenters. The number of amides is 1. The molecule has 2 rings (SSSR count). The van der Waals surface area contributed by atoms with Gasteiger partial charge in [0, 0.05) is 30.3 Å². The quantitative estimate of drug-likeness (QED) is 0.680. The molecule has 1 heterocycles. The van der Waals surface area contributed by atoms with Crippen LogP contribution < -0.4 is 5.32 Å². The number of piperidine rings is 1. The summed E-state index contributed by atoms with van der Waals surface area (Å²) in [6, 6.07) is 4.69. The first-order chi connectivity index (χ1) is 10.0. The largest absolute Gasteiger partial charge is 0.338 e. The molecule has 122 valence electrons. The fourth-order valence-electron chi connectivity index (χ4n) is 2.93. The average Bonchev–Trinajstić information content (AvgIpc) is 2.47. The van der Waals surface area contributed by atoms with Gasteiger partial charge in [-0.3, -0.25) is 14.9 Å². The molecule has 1 aromatic rings. The molecule has 0 radical (unpaired) electrons. The molecule has 0 aromatic heterocycles. The first kappa shape index (κ1) is 18.4. The fourth-order valence-corrected chi connectivity index (χ4v) is 2.93. The molecule has 0 bridgehead atoms. The van der Waals surface area contributed by atoms with Crippen LogP contribution in [0.25, 0.3) is 0 Å². The van der Waals surface area contributed by atoms with Gasteiger partial charge >= 0.3 is 0 Å². The van der Waals surface area contributed by atoms with Gasteiger partial charge in [0.2, 0.25) is 0 Å². The lowest BCUT2D eigenvalue weighted by Crippen LogP contribution is -2.42. The lowest BCUT2D eigenvalue weighted by Gasteiger charge is -2.33. The number of rotatable bonds is 4. The van der Waals surface area contributed by atoms with E-state index in [1.54, 1.807) is 19.1 Å². The van der Waals surface area contributed by atoms with Gasteiger partial charge in [-0.2, -0.15) is 0 Å². The second kappa shape index (κ2) is 8.10. The lowest BCUT2D eigenvalue weighted by molar-refractivity contribution is -0.385. The smallest absolute Gasteiger partial charge is 0.273 e. The van der Waals surface area contributed by atoms with Crippen LogP contribution in [0.2, 0.25) is 0 Å². The van der Waals surface area contributed by atoms with E-state index in [9.17, 15) is 14.9 Å². The van der Waals surface area contributed by atoms with Crippen molar-refractivity contribution in [3.8, 4) is 0 Å². The normalized spacial score (nSPS) is 17.7. The summed E-state index contributed by atoms with van der Waals surface area (Å²) in [5, 5.41) is 14.1. The minimum absolute atomic E-state index is 0. The van der Waals surface area contributed by atoms with Gasteiger partial charge in [-0.15, -0.1) is 12.4 Å². The van der Waals surface area contributed by atoms with Crippen molar-refractivity contribution in [2.75, 3.05) is 26.7 Å². The summed E-state index contributed by atoms with van der Waals surface area (Å²) in [7, 11) is 1.91. The Hall–Kier alpha value is -1.66. The zero-order valence-electron chi connectivity index (χ0n) is 12.9. The summed E-state index contributed by atoms with van der Waals surface area (Å²) in [4.78, 5) is 25.0. The van der Waals surface area contributed by atoms with Gasteiger partial charge in [0.1, 0.15) is 0 Å². The Morgan fingerprint density at radius 1 is 1.50 bits per heavy atom. The van der Waals surface area contributed by atoms with Crippen molar-refractivity contribution in [1.29, 1.82) is 0 Å². The molecule has 1 aliphatic rings. The third kappa shape index (κ3) is 3.96. The van der Waals surface area contributed by atoms with Crippen LogP contribution in [0.15, 0.2) is 18.2 Å². The molecule has 0 saturated carbocycles. The fraction of sp³-hybridized carbons (Fsp3) is 0.533. The summed E-state index contributed by atoms with van der Waals surface area (Å²) in [6.45, 7) is 3.96. The Bertz CT molecular complexity index is 549. The Morgan fingerprint density at radius 2 is 2.23 bits per heavy atom. The summed E-state index contributed by atoms with van der Waals surface area (Å²) < 4.78 is 0. The number of nitrogens with zero attached hydrogens (tertiary/aromatic N) is 2. The zero-order chi connectivity index (χ0) is 15.4. The number of halogens is 1. The van der Waals surface area contributed by atoms with Gasteiger partial charge in [-0.1, -0.05) is 6.07 Å². The lowest BCUT2D eigenvalue weighted by atomic mass is 9.96.